The second kappa shape index (κ2) is 4.94. The Hall–Kier alpha value is -1.99. The lowest BCUT2D eigenvalue weighted by atomic mass is 10.0. The Morgan fingerprint density at radius 3 is 2.74 bits per heavy atom. The average molecular weight is 270 g/mol. The maximum atomic E-state index is 12.3. The zero-order valence-corrected chi connectivity index (χ0v) is 10.8. The van der Waals surface area contributed by atoms with Gasteiger partial charge < -0.3 is 25.9 Å². The van der Waals surface area contributed by atoms with E-state index in [0.29, 0.717) is 32.4 Å². The van der Waals surface area contributed by atoms with E-state index in [4.69, 9.17) is 10.9 Å². The number of carbonyl (C=O) groups excluding carboxylic acids is 2. The first-order valence-electron chi connectivity index (χ1n) is 6.15. The van der Waals surface area contributed by atoms with Crippen LogP contribution in [0.15, 0.2) is 5.16 Å². The quantitative estimate of drug-likeness (QED) is 0.276. The molecule has 1 aliphatic carbocycles. The van der Waals surface area contributed by atoms with Crippen LogP contribution in [-0.4, -0.2) is 54.2 Å². The second-order valence-electron chi connectivity index (χ2n) is 4.94. The van der Waals surface area contributed by atoms with Crippen molar-refractivity contribution >= 4 is 17.8 Å². The van der Waals surface area contributed by atoms with Crippen LogP contribution in [0, 0.1) is 5.41 Å². The molecule has 0 radical (unpaired) electrons. The lowest BCUT2D eigenvalue weighted by Crippen LogP contribution is -2.44. The third-order valence-electron chi connectivity index (χ3n) is 3.74. The van der Waals surface area contributed by atoms with Gasteiger partial charge >= 0.3 is 6.09 Å². The highest BCUT2D eigenvalue weighted by Crippen LogP contribution is 2.47. The van der Waals surface area contributed by atoms with Crippen molar-refractivity contribution in [3.05, 3.63) is 0 Å². The molecule has 1 unspecified atom stereocenters. The van der Waals surface area contributed by atoms with Crippen molar-refractivity contribution in [1.29, 1.82) is 0 Å². The van der Waals surface area contributed by atoms with E-state index in [1.807, 2.05) is 0 Å². The van der Waals surface area contributed by atoms with Gasteiger partial charge in [-0.15, -0.1) is 0 Å². The summed E-state index contributed by atoms with van der Waals surface area (Å²) >= 11 is 0. The number of hydrogen-bond acceptors (Lipinski definition) is 5. The summed E-state index contributed by atoms with van der Waals surface area (Å²) < 4.78 is 4.52. The van der Waals surface area contributed by atoms with E-state index < -0.39 is 11.5 Å². The number of hydrogen-bond donors (Lipinski definition) is 3. The molecule has 4 N–H and O–H groups in total. The van der Waals surface area contributed by atoms with Crippen molar-refractivity contribution in [2.75, 3.05) is 20.2 Å². The summed E-state index contributed by atoms with van der Waals surface area (Å²) in [4.78, 5) is 25.1. The second-order valence-corrected chi connectivity index (χ2v) is 4.94. The molecule has 1 saturated heterocycles. The third-order valence-corrected chi connectivity index (χ3v) is 3.74. The Bertz CT molecular complexity index is 419. The van der Waals surface area contributed by atoms with Gasteiger partial charge in [-0.3, -0.25) is 4.79 Å². The van der Waals surface area contributed by atoms with Gasteiger partial charge in [0.15, 0.2) is 5.84 Å². The third kappa shape index (κ3) is 2.42. The van der Waals surface area contributed by atoms with Crippen molar-refractivity contribution in [2.24, 2.45) is 16.3 Å². The van der Waals surface area contributed by atoms with E-state index >= 15 is 0 Å². The Labute approximate surface area is 110 Å². The Morgan fingerprint density at radius 2 is 2.21 bits per heavy atom. The van der Waals surface area contributed by atoms with Gasteiger partial charge in [0, 0.05) is 13.1 Å². The number of methoxy groups -OCH3 is 1. The maximum absolute atomic E-state index is 12.3. The SMILES string of the molecule is COC(=O)NC1CCN(C(=O)C2(C(N)=NO)CC2)C1. The average Bonchev–Trinajstić information content (AvgIpc) is 3.11. The molecule has 1 aliphatic heterocycles. The summed E-state index contributed by atoms with van der Waals surface area (Å²) in [7, 11) is 1.30. The van der Waals surface area contributed by atoms with Crippen LogP contribution in [0.25, 0.3) is 0 Å². The van der Waals surface area contributed by atoms with Gasteiger partial charge in [0.2, 0.25) is 5.91 Å². The van der Waals surface area contributed by atoms with Gasteiger partial charge in [-0.05, 0) is 19.3 Å². The van der Waals surface area contributed by atoms with Crippen LogP contribution in [0.3, 0.4) is 0 Å². The number of nitrogens with zero attached hydrogens (tertiary/aromatic N) is 2. The van der Waals surface area contributed by atoms with Crippen molar-refractivity contribution < 1.29 is 19.5 Å². The summed E-state index contributed by atoms with van der Waals surface area (Å²) in [5.41, 5.74) is 4.76. The molecule has 106 valence electrons. The van der Waals surface area contributed by atoms with Crippen LogP contribution in [0.1, 0.15) is 19.3 Å². The van der Waals surface area contributed by atoms with Crippen LogP contribution in [0.4, 0.5) is 4.79 Å². The summed E-state index contributed by atoms with van der Waals surface area (Å²) in [6, 6.07) is -0.112. The van der Waals surface area contributed by atoms with Crippen molar-refractivity contribution in [1.82, 2.24) is 10.2 Å². The number of alkyl carbamates (subject to hydrolysis) is 1. The molecule has 19 heavy (non-hydrogen) atoms. The number of rotatable bonds is 3. The first-order chi connectivity index (χ1) is 9.03. The molecule has 0 aromatic heterocycles. The number of nitrogens with one attached hydrogen (secondary N) is 1. The van der Waals surface area contributed by atoms with E-state index in [9.17, 15) is 9.59 Å². The highest BCUT2D eigenvalue weighted by Gasteiger charge is 2.56. The number of ether oxygens (including phenoxy) is 1. The molecular formula is C11H18N4O4. The molecule has 2 amide bonds. The fraction of sp³-hybridized carbons (Fsp3) is 0.727. The van der Waals surface area contributed by atoms with Gasteiger partial charge in [0.1, 0.15) is 5.41 Å². The van der Waals surface area contributed by atoms with Gasteiger partial charge in [-0.2, -0.15) is 0 Å². The first kappa shape index (κ1) is 13.4. The lowest BCUT2D eigenvalue weighted by molar-refractivity contribution is -0.133. The molecule has 0 spiro atoms. The minimum atomic E-state index is -0.824. The molecule has 2 fully saturated rings. The molecule has 1 atom stereocenters. The molecular weight excluding hydrogens is 252 g/mol. The van der Waals surface area contributed by atoms with Crippen LogP contribution >= 0.6 is 0 Å². The lowest BCUT2D eigenvalue weighted by Gasteiger charge is -2.22. The maximum Gasteiger partial charge on any atom is 0.407 e. The van der Waals surface area contributed by atoms with E-state index in [2.05, 4.69) is 15.2 Å². The van der Waals surface area contributed by atoms with Gasteiger partial charge in [0.25, 0.3) is 0 Å². The predicted molar refractivity (Wildman–Crippen MR) is 65.6 cm³/mol. The number of oxime groups is 1. The van der Waals surface area contributed by atoms with E-state index in [1.54, 1.807) is 4.90 Å². The standard InChI is InChI=1S/C11H18N4O4/c1-19-10(17)13-7-2-5-15(6-7)9(16)11(3-4-11)8(12)14-18/h7,18H,2-6H2,1H3,(H2,12,14)(H,13,17). The molecule has 1 heterocycles. The fourth-order valence-corrected chi connectivity index (χ4v) is 2.39. The van der Waals surface area contributed by atoms with E-state index in [0.717, 1.165) is 0 Å². The summed E-state index contributed by atoms with van der Waals surface area (Å²) in [5.74, 6) is -0.154. The Kier molecular flexibility index (Phi) is 3.50. The van der Waals surface area contributed by atoms with E-state index in [1.165, 1.54) is 7.11 Å². The minimum Gasteiger partial charge on any atom is -0.453 e. The van der Waals surface area contributed by atoms with Gasteiger partial charge in [-0.1, -0.05) is 5.16 Å². The summed E-state index contributed by atoms with van der Waals surface area (Å²) in [6.07, 6.45) is 1.38. The first-order valence-corrected chi connectivity index (χ1v) is 6.15. The molecule has 2 aliphatic rings. The molecule has 0 aromatic carbocycles. The smallest absolute Gasteiger partial charge is 0.407 e. The van der Waals surface area contributed by atoms with Crippen LogP contribution in [0.2, 0.25) is 0 Å². The molecule has 1 saturated carbocycles. The molecule has 8 heteroatoms. The summed E-state index contributed by atoms with van der Waals surface area (Å²) in [5, 5.41) is 14.3. The highest BCUT2D eigenvalue weighted by molar-refractivity contribution is 6.09. The van der Waals surface area contributed by atoms with Crippen molar-refractivity contribution in [3.8, 4) is 0 Å². The normalized spacial score (nSPS) is 25.0. The Morgan fingerprint density at radius 1 is 1.53 bits per heavy atom. The molecule has 0 aromatic rings. The topological polar surface area (TPSA) is 117 Å². The Balaban J connectivity index is 1.94. The molecule has 8 nitrogen and oxygen atoms in total. The monoisotopic (exact) mass is 270 g/mol. The zero-order valence-electron chi connectivity index (χ0n) is 10.8. The summed E-state index contributed by atoms with van der Waals surface area (Å²) in [6.45, 7) is 0.975. The van der Waals surface area contributed by atoms with Crippen molar-refractivity contribution in [2.45, 2.75) is 25.3 Å². The largest absolute Gasteiger partial charge is 0.453 e. The predicted octanol–water partition coefficient (Wildman–Crippen LogP) is -0.530. The number of carbonyl (C=O) groups is 2. The van der Waals surface area contributed by atoms with Gasteiger partial charge in [0.05, 0.1) is 13.2 Å². The van der Waals surface area contributed by atoms with Gasteiger partial charge in [-0.25, -0.2) is 4.79 Å². The van der Waals surface area contributed by atoms with Crippen molar-refractivity contribution in [3.63, 3.8) is 0 Å². The number of nitrogens with two attached hydrogens (primary N) is 1. The van der Waals surface area contributed by atoms with Crippen LogP contribution in [-0.2, 0) is 9.53 Å². The highest BCUT2D eigenvalue weighted by atomic mass is 16.5. The molecule has 0 bridgehead atoms. The zero-order chi connectivity index (χ0) is 14.0. The molecule has 2 rings (SSSR count). The fourth-order valence-electron chi connectivity index (χ4n) is 2.39. The number of amides is 2. The number of likely N-dealkylation sites (tertiary alicyclic amines) is 1. The number of amidine groups is 1. The van der Waals surface area contributed by atoms with E-state index in [-0.39, 0.29) is 17.8 Å². The van der Waals surface area contributed by atoms with Crippen LogP contribution < -0.4 is 11.1 Å². The minimum absolute atomic E-state index is 0.0260. The van der Waals surface area contributed by atoms with Crippen LogP contribution in [0.5, 0.6) is 0 Å².